The number of hydrogen-bond donors (Lipinski definition) is 1. The van der Waals surface area contributed by atoms with Crippen molar-refractivity contribution in [2.75, 3.05) is 37.4 Å². The van der Waals surface area contributed by atoms with Gasteiger partial charge in [0, 0.05) is 17.4 Å². The van der Waals surface area contributed by atoms with Crippen LogP contribution in [0.5, 0.6) is 0 Å². The third-order valence-electron chi connectivity index (χ3n) is 1.64. The minimum atomic E-state index is 0.0993. The van der Waals surface area contributed by atoms with Crippen molar-refractivity contribution in [2.24, 2.45) is 0 Å². The largest absolute Gasteiger partial charge is 0.378 e. The number of rotatable bonds is 10. The zero-order valence-corrected chi connectivity index (χ0v) is 11.4. The molecule has 0 spiro atoms. The van der Waals surface area contributed by atoms with Crippen LogP contribution in [0.15, 0.2) is 0 Å². The average Bonchev–Trinajstić information content (AvgIpc) is 2.22. The van der Waals surface area contributed by atoms with E-state index < -0.39 is 0 Å². The summed E-state index contributed by atoms with van der Waals surface area (Å²) in [4.78, 5) is 11.0. The molecule has 15 heavy (non-hydrogen) atoms. The minimum Gasteiger partial charge on any atom is -0.378 e. The molecule has 0 fully saturated rings. The first-order valence-electron chi connectivity index (χ1n) is 5.29. The normalized spacial score (nSPS) is 10.3. The average molecular weight is 329 g/mol. The van der Waals surface area contributed by atoms with Gasteiger partial charge >= 0.3 is 0 Å². The van der Waals surface area contributed by atoms with Gasteiger partial charge in [-0.25, -0.2) is 0 Å². The monoisotopic (exact) mass is 329 g/mol. The Morgan fingerprint density at radius 3 is 2.47 bits per heavy atom. The number of carbonyl (C=O) groups is 1. The zero-order chi connectivity index (χ0) is 11.4. The summed E-state index contributed by atoms with van der Waals surface area (Å²) in [6.45, 7) is 5.14. The number of ether oxygens (including phenoxy) is 2. The molecule has 0 unspecified atom stereocenters. The first-order valence-corrected chi connectivity index (χ1v) is 6.82. The van der Waals surface area contributed by atoms with Crippen LogP contribution in [0.4, 0.5) is 0 Å². The van der Waals surface area contributed by atoms with E-state index in [-0.39, 0.29) is 5.91 Å². The van der Waals surface area contributed by atoms with Crippen molar-refractivity contribution in [2.45, 2.75) is 19.8 Å². The molecule has 0 saturated heterocycles. The van der Waals surface area contributed by atoms with Gasteiger partial charge in [0.05, 0.1) is 26.4 Å². The van der Waals surface area contributed by atoms with Crippen LogP contribution in [-0.2, 0) is 14.3 Å². The molecule has 0 aliphatic heterocycles. The van der Waals surface area contributed by atoms with Crippen molar-refractivity contribution >= 4 is 28.5 Å². The lowest BCUT2D eigenvalue weighted by Gasteiger charge is -2.06. The number of amides is 1. The molecule has 1 N–H and O–H groups in total. The minimum absolute atomic E-state index is 0.0993. The van der Waals surface area contributed by atoms with Gasteiger partial charge in [-0.15, -0.1) is 0 Å². The van der Waals surface area contributed by atoms with Gasteiger partial charge in [-0.2, -0.15) is 0 Å². The summed E-state index contributed by atoms with van der Waals surface area (Å²) in [5.41, 5.74) is 0. The van der Waals surface area contributed by atoms with Gasteiger partial charge in [0.1, 0.15) is 0 Å². The quantitative estimate of drug-likeness (QED) is 0.374. The second-order valence-corrected chi connectivity index (χ2v) is 4.09. The highest BCUT2D eigenvalue weighted by molar-refractivity contribution is 14.1. The molecule has 0 aromatic carbocycles. The summed E-state index contributed by atoms with van der Waals surface area (Å²) in [6, 6.07) is 0. The fourth-order valence-electron chi connectivity index (χ4n) is 0.955. The maximum absolute atomic E-state index is 11.0. The van der Waals surface area contributed by atoms with Crippen LogP contribution >= 0.6 is 22.6 Å². The highest BCUT2D eigenvalue weighted by Gasteiger charge is 1.97. The van der Waals surface area contributed by atoms with Gasteiger partial charge < -0.3 is 14.8 Å². The fraction of sp³-hybridized carbons (Fsp3) is 0.900. The molecule has 0 aliphatic rings. The van der Waals surface area contributed by atoms with E-state index in [1.807, 2.05) is 6.92 Å². The van der Waals surface area contributed by atoms with Gasteiger partial charge in [0.2, 0.25) is 5.91 Å². The van der Waals surface area contributed by atoms with Gasteiger partial charge in [-0.3, -0.25) is 4.79 Å². The molecule has 0 radical (unpaired) electrons. The van der Waals surface area contributed by atoms with E-state index in [0.29, 0.717) is 32.8 Å². The van der Waals surface area contributed by atoms with E-state index >= 15 is 0 Å². The van der Waals surface area contributed by atoms with Crippen molar-refractivity contribution in [1.29, 1.82) is 0 Å². The third-order valence-corrected chi connectivity index (χ3v) is 2.08. The Labute approximate surface area is 105 Å². The van der Waals surface area contributed by atoms with Crippen molar-refractivity contribution in [3.05, 3.63) is 0 Å². The molecule has 0 atom stereocenters. The zero-order valence-electron chi connectivity index (χ0n) is 9.26. The highest BCUT2D eigenvalue weighted by Crippen LogP contribution is 1.85. The second-order valence-electron chi connectivity index (χ2n) is 3.01. The molecule has 5 heteroatoms. The van der Waals surface area contributed by atoms with Crippen LogP contribution < -0.4 is 5.32 Å². The lowest BCUT2D eigenvalue weighted by molar-refractivity contribution is -0.121. The molecule has 0 bridgehead atoms. The second kappa shape index (κ2) is 12.2. The molecule has 0 saturated carbocycles. The van der Waals surface area contributed by atoms with Crippen molar-refractivity contribution in [3.63, 3.8) is 0 Å². The molecule has 0 aliphatic carbocycles. The predicted molar refractivity (Wildman–Crippen MR) is 68.4 cm³/mol. The molecular weight excluding hydrogens is 309 g/mol. The number of carbonyl (C=O) groups excluding carboxylic acids is 1. The van der Waals surface area contributed by atoms with Crippen molar-refractivity contribution < 1.29 is 14.3 Å². The van der Waals surface area contributed by atoms with E-state index in [2.05, 4.69) is 27.9 Å². The van der Waals surface area contributed by atoms with Crippen LogP contribution in [0.2, 0.25) is 0 Å². The molecule has 0 rings (SSSR count). The van der Waals surface area contributed by atoms with E-state index in [1.54, 1.807) is 0 Å². The number of hydrogen-bond acceptors (Lipinski definition) is 3. The van der Waals surface area contributed by atoms with Gasteiger partial charge in [-0.05, 0) is 6.42 Å². The molecule has 0 heterocycles. The summed E-state index contributed by atoms with van der Waals surface area (Å²) < 4.78 is 11.5. The Morgan fingerprint density at radius 1 is 1.20 bits per heavy atom. The van der Waals surface area contributed by atoms with Crippen LogP contribution in [0.25, 0.3) is 0 Å². The van der Waals surface area contributed by atoms with Gasteiger partial charge in [0.25, 0.3) is 0 Å². The molecule has 4 nitrogen and oxygen atoms in total. The van der Waals surface area contributed by atoms with Gasteiger partial charge in [-0.1, -0.05) is 29.5 Å². The summed E-state index contributed by atoms with van der Waals surface area (Å²) in [6.07, 6.45) is 1.48. The predicted octanol–water partition coefficient (Wildman–Crippen LogP) is 1.37. The highest BCUT2D eigenvalue weighted by atomic mass is 127. The van der Waals surface area contributed by atoms with E-state index in [9.17, 15) is 4.79 Å². The number of nitrogens with one attached hydrogen (secondary N) is 1. The third kappa shape index (κ3) is 12.0. The van der Waals surface area contributed by atoms with Crippen LogP contribution in [0.3, 0.4) is 0 Å². The van der Waals surface area contributed by atoms with E-state index in [4.69, 9.17) is 9.47 Å². The number of halogens is 1. The summed E-state index contributed by atoms with van der Waals surface area (Å²) in [5.74, 6) is 0.0993. The van der Waals surface area contributed by atoms with E-state index in [1.165, 1.54) is 0 Å². The van der Waals surface area contributed by atoms with Crippen molar-refractivity contribution in [3.8, 4) is 0 Å². The topological polar surface area (TPSA) is 47.6 Å². The summed E-state index contributed by atoms with van der Waals surface area (Å²) >= 11 is 2.26. The standard InChI is InChI=1S/C10H20INO3/c1-2-3-10(13)12-5-7-15-9-8-14-6-4-11/h2-9H2,1H3,(H,12,13). The SMILES string of the molecule is CCCC(=O)NCCOCCOCCI. The van der Waals surface area contributed by atoms with Crippen LogP contribution in [0, 0.1) is 0 Å². The fourth-order valence-corrected chi connectivity index (χ4v) is 1.27. The van der Waals surface area contributed by atoms with Crippen molar-refractivity contribution in [1.82, 2.24) is 5.32 Å². The maximum Gasteiger partial charge on any atom is 0.220 e. The Kier molecular flexibility index (Phi) is 12.3. The Bertz CT molecular complexity index is 156. The van der Waals surface area contributed by atoms with Gasteiger partial charge in [0.15, 0.2) is 0 Å². The first-order chi connectivity index (χ1) is 7.31. The van der Waals surface area contributed by atoms with Crippen LogP contribution in [-0.4, -0.2) is 43.3 Å². The molecule has 0 aromatic rings. The first kappa shape index (κ1) is 15.1. The Balaban J connectivity index is 3.01. The van der Waals surface area contributed by atoms with Crippen LogP contribution in [0.1, 0.15) is 19.8 Å². The Hall–Kier alpha value is 0.120. The Morgan fingerprint density at radius 2 is 1.87 bits per heavy atom. The molecular formula is C10H20INO3. The smallest absolute Gasteiger partial charge is 0.220 e. The molecule has 90 valence electrons. The lowest BCUT2D eigenvalue weighted by atomic mass is 10.3. The van der Waals surface area contributed by atoms with E-state index in [0.717, 1.165) is 17.5 Å². The molecule has 1 amide bonds. The number of alkyl halides is 1. The lowest BCUT2D eigenvalue weighted by Crippen LogP contribution is -2.27. The molecule has 0 aromatic heterocycles. The maximum atomic E-state index is 11.0. The summed E-state index contributed by atoms with van der Waals surface area (Å²) in [7, 11) is 0. The summed E-state index contributed by atoms with van der Waals surface area (Å²) in [5, 5.41) is 2.78.